The Morgan fingerprint density at radius 1 is 0.833 bits per heavy atom. The highest BCUT2D eigenvalue weighted by atomic mass is 16.1. The van der Waals surface area contributed by atoms with Gasteiger partial charge in [-0.05, 0) is 79.4 Å². The van der Waals surface area contributed by atoms with E-state index in [-0.39, 0.29) is 0 Å². The molecule has 0 aromatic carbocycles. The van der Waals surface area contributed by atoms with Crippen LogP contribution in [0.25, 0.3) is 0 Å². The third-order valence-corrected chi connectivity index (χ3v) is 9.75. The lowest BCUT2D eigenvalue weighted by Gasteiger charge is -2.61. The molecule has 0 saturated heterocycles. The summed E-state index contributed by atoms with van der Waals surface area (Å²) in [5.41, 5.74) is 0.921. The van der Waals surface area contributed by atoms with Crippen LogP contribution in [0.4, 0.5) is 0 Å². The highest BCUT2D eigenvalue weighted by Crippen LogP contribution is 2.68. The molecule has 4 fully saturated rings. The van der Waals surface area contributed by atoms with Gasteiger partial charge >= 0.3 is 0 Å². The van der Waals surface area contributed by atoms with Gasteiger partial charge in [0.2, 0.25) is 0 Å². The molecule has 4 aliphatic rings. The van der Waals surface area contributed by atoms with Gasteiger partial charge < -0.3 is 0 Å². The highest BCUT2D eigenvalue weighted by Gasteiger charge is 2.63. The molecule has 3 unspecified atom stereocenters. The van der Waals surface area contributed by atoms with Crippen LogP contribution in [0.5, 0.6) is 0 Å². The number of carbonyl (C=O) groups excluding carboxylic acids is 1. The average Bonchev–Trinajstić information content (AvgIpc) is 2.92. The zero-order valence-corrected chi connectivity index (χ0v) is 16.4. The van der Waals surface area contributed by atoms with E-state index in [2.05, 4.69) is 27.7 Å². The molecule has 4 aliphatic carbocycles. The van der Waals surface area contributed by atoms with Gasteiger partial charge in [0, 0.05) is 11.8 Å². The minimum atomic E-state index is 0.375. The maximum absolute atomic E-state index is 13.7. The Morgan fingerprint density at radius 3 is 2.29 bits per heavy atom. The van der Waals surface area contributed by atoms with E-state index in [9.17, 15) is 4.79 Å². The van der Waals surface area contributed by atoms with Crippen LogP contribution in [0.15, 0.2) is 0 Å². The van der Waals surface area contributed by atoms with Crippen molar-refractivity contribution in [1.29, 1.82) is 0 Å². The molecule has 4 rings (SSSR count). The minimum absolute atomic E-state index is 0.375. The van der Waals surface area contributed by atoms with E-state index in [4.69, 9.17) is 0 Å². The van der Waals surface area contributed by atoms with Crippen LogP contribution >= 0.6 is 0 Å². The Kier molecular flexibility index (Phi) is 4.17. The lowest BCUT2D eigenvalue weighted by atomic mass is 9.42. The number of ketones is 1. The first kappa shape index (κ1) is 17.1. The SMILES string of the molecule is CC[C@H]1CCC2C3C(=O)[C@H](CC)[C@@H]4CCCC[C@]4(C)C3CC[C@@]21C. The van der Waals surface area contributed by atoms with Crippen molar-refractivity contribution in [2.75, 3.05) is 0 Å². The van der Waals surface area contributed by atoms with Gasteiger partial charge in [0.15, 0.2) is 0 Å². The van der Waals surface area contributed by atoms with E-state index in [0.717, 1.165) is 12.3 Å². The fraction of sp³-hybridized carbons (Fsp3) is 0.957. The number of carbonyl (C=O) groups is 1. The van der Waals surface area contributed by atoms with Crippen LogP contribution in [0.2, 0.25) is 0 Å². The van der Waals surface area contributed by atoms with Gasteiger partial charge in [-0.3, -0.25) is 4.79 Å². The van der Waals surface area contributed by atoms with E-state index >= 15 is 0 Å². The van der Waals surface area contributed by atoms with E-state index in [1.807, 2.05) is 0 Å². The summed E-state index contributed by atoms with van der Waals surface area (Å²) < 4.78 is 0. The minimum Gasteiger partial charge on any atom is -0.299 e. The molecule has 24 heavy (non-hydrogen) atoms. The Hall–Kier alpha value is -0.330. The molecule has 0 amide bonds. The average molecular weight is 331 g/mol. The molecule has 8 atom stereocenters. The second-order valence-corrected chi connectivity index (χ2v) is 10.2. The number of hydrogen-bond donors (Lipinski definition) is 0. The number of fused-ring (bicyclic) bond motifs is 5. The van der Waals surface area contributed by atoms with Crippen molar-refractivity contribution < 1.29 is 4.79 Å². The molecule has 0 aliphatic heterocycles. The van der Waals surface area contributed by atoms with Crippen molar-refractivity contribution >= 4 is 5.78 Å². The molecule has 136 valence electrons. The van der Waals surface area contributed by atoms with Gasteiger partial charge in [0.25, 0.3) is 0 Å². The summed E-state index contributed by atoms with van der Waals surface area (Å²) in [6, 6.07) is 0. The second-order valence-electron chi connectivity index (χ2n) is 10.2. The van der Waals surface area contributed by atoms with Crippen LogP contribution < -0.4 is 0 Å². The number of Topliss-reactive ketones (excluding diaryl/α,β-unsaturated/α-hetero) is 1. The molecule has 1 heteroatoms. The molecule has 4 saturated carbocycles. The quantitative estimate of drug-likeness (QED) is 0.584. The standard InChI is InChI=1S/C23H38O/c1-5-15-10-11-18-20-19(12-14-22(15,18)3)23(4)13-8-7-9-17(23)16(6-2)21(20)24/h15-20H,5-14H2,1-4H3/t15-,16+,17-,18?,19?,20?,22+,23-/m0/s1. The van der Waals surface area contributed by atoms with Crippen molar-refractivity contribution in [2.24, 2.45) is 46.3 Å². The second kappa shape index (κ2) is 5.85. The first-order valence-electron chi connectivity index (χ1n) is 11.0. The van der Waals surface area contributed by atoms with E-state index in [1.54, 1.807) is 0 Å². The van der Waals surface area contributed by atoms with Crippen LogP contribution in [0.1, 0.15) is 91.9 Å². The van der Waals surface area contributed by atoms with Gasteiger partial charge in [0.05, 0.1) is 0 Å². The predicted molar refractivity (Wildman–Crippen MR) is 99.7 cm³/mol. The fourth-order valence-electron chi connectivity index (χ4n) is 8.49. The van der Waals surface area contributed by atoms with E-state index in [0.29, 0.717) is 46.2 Å². The van der Waals surface area contributed by atoms with Crippen LogP contribution in [0, 0.1) is 46.3 Å². The Labute approximate surface area is 149 Å². The summed E-state index contributed by atoms with van der Waals surface area (Å²) in [6.45, 7) is 9.81. The van der Waals surface area contributed by atoms with Gasteiger partial charge in [-0.15, -0.1) is 0 Å². The van der Waals surface area contributed by atoms with Crippen molar-refractivity contribution in [3.8, 4) is 0 Å². The Morgan fingerprint density at radius 2 is 1.58 bits per heavy atom. The van der Waals surface area contributed by atoms with Gasteiger partial charge in [-0.25, -0.2) is 0 Å². The Balaban J connectivity index is 1.74. The summed E-state index contributed by atoms with van der Waals surface area (Å²) in [6.07, 6.45) is 13.3. The third kappa shape index (κ3) is 2.08. The van der Waals surface area contributed by atoms with Crippen LogP contribution in [-0.4, -0.2) is 5.78 Å². The van der Waals surface area contributed by atoms with Crippen molar-refractivity contribution in [2.45, 2.75) is 91.9 Å². The maximum Gasteiger partial charge on any atom is 0.139 e. The Bertz CT molecular complexity index is 510. The highest BCUT2D eigenvalue weighted by molar-refractivity contribution is 5.86. The molecular weight excluding hydrogens is 292 g/mol. The zero-order chi connectivity index (χ0) is 17.1. The molecule has 0 aromatic heterocycles. The molecular formula is C23H38O. The lowest BCUT2D eigenvalue weighted by molar-refractivity contribution is -0.167. The third-order valence-electron chi connectivity index (χ3n) is 9.75. The number of hydrogen-bond acceptors (Lipinski definition) is 1. The van der Waals surface area contributed by atoms with E-state index in [1.165, 1.54) is 57.8 Å². The predicted octanol–water partition coefficient (Wildman–Crippen LogP) is 6.26. The summed E-state index contributed by atoms with van der Waals surface area (Å²) in [4.78, 5) is 13.7. The van der Waals surface area contributed by atoms with Crippen LogP contribution in [-0.2, 0) is 4.79 Å². The zero-order valence-electron chi connectivity index (χ0n) is 16.4. The molecule has 0 aromatic rings. The first-order chi connectivity index (χ1) is 11.5. The molecule has 0 radical (unpaired) electrons. The molecule has 0 bridgehead atoms. The summed E-state index contributed by atoms with van der Waals surface area (Å²) in [5.74, 6) is 4.45. The smallest absolute Gasteiger partial charge is 0.139 e. The molecule has 0 heterocycles. The molecule has 0 spiro atoms. The lowest BCUT2D eigenvalue weighted by Crippen LogP contribution is -2.59. The maximum atomic E-state index is 13.7. The monoisotopic (exact) mass is 330 g/mol. The largest absolute Gasteiger partial charge is 0.299 e. The topological polar surface area (TPSA) is 17.1 Å². The molecule has 1 nitrogen and oxygen atoms in total. The van der Waals surface area contributed by atoms with Gasteiger partial charge in [-0.1, -0.05) is 47.0 Å². The number of rotatable bonds is 2. The van der Waals surface area contributed by atoms with Crippen molar-refractivity contribution in [3.05, 3.63) is 0 Å². The van der Waals surface area contributed by atoms with Gasteiger partial charge in [0.1, 0.15) is 5.78 Å². The summed E-state index contributed by atoms with van der Waals surface area (Å²) in [7, 11) is 0. The normalized spacial score (nSPS) is 54.1. The van der Waals surface area contributed by atoms with Crippen molar-refractivity contribution in [3.63, 3.8) is 0 Å². The molecule has 0 N–H and O–H groups in total. The summed E-state index contributed by atoms with van der Waals surface area (Å²) in [5, 5.41) is 0. The fourth-order valence-corrected chi connectivity index (χ4v) is 8.49. The van der Waals surface area contributed by atoms with Gasteiger partial charge in [-0.2, -0.15) is 0 Å². The van der Waals surface area contributed by atoms with E-state index < -0.39 is 0 Å². The van der Waals surface area contributed by atoms with Crippen molar-refractivity contribution in [1.82, 2.24) is 0 Å². The first-order valence-corrected chi connectivity index (χ1v) is 11.0. The summed E-state index contributed by atoms with van der Waals surface area (Å²) >= 11 is 0. The van der Waals surface area contributed by atoms with Crippen LogP contribution in [0.3, 0.4) is 0 Å².